The summed E-state index contributed by atoms with van der Waals surface area (Å²) in [5.41, 5.74) is 9.06. The van der Waals surface area contributed by atoms with Crippen molar-refractivity contribution in [1.82, 2.24) is 4.90 Å². The minimum atomic E-state index is -0.458. The quantitative estimate of drug-likeness (QED) is 0.751. The van der Waals surface area contributed by atoms with Crippen molar-refractivity contribution in [2.75, 3.05) is 32.1 Å². The minimum Gasteiger partial charge on any atom is -0.398 e. The topological polar surface area (TPSA) is 64.8 Å². The maximum absolute atomic E-state index is 12.4. The molecule has 0 bridgehead atoms. The van der Waals surface area contributed by atoms with Gasteiger partial charge in [0.15, 0.2) is 6.10 Å². The summed E-state index contributed by atoms with van der Waals surface area (Å²) in [6.07, 6.45) is 0.389. The molecule has 0 aromatic heterocycles. The Bertz CT molecular complexity index is 484. The van der Waals surface area contributed by atoms with Gasteiger partial charge in [0.25, 0.3) is 5.91 Å². The van der Waals surface area contributed by atoms with Crippen molar-refractivity contribution in [3.8, 4) is 0 Å². The molecule has 2 aliphatic heterocycles. The van der Waals surface area contributed by atoms with Crippen molar-refractivity contribution in [2.45, 2.75) is 19.1 Å². The van der Waals surface area contributed by atoms with Crippen LogP contribution >= 0.6 is 0 Å². The standard InChI is InChI=1S/C14H18N2O3/c15-12-3-1-2-10-4-5-16(8-11(10)12)14(17)13-9-18-6-7-19-13/h1-3,13H,4-9,15H2. The zero-order chi connectivity index (χ0) is 13.2. The first-order valence-corrected chi connectivity index (χ1v) is 6.60. The lowest BCUT2D eigenvalue weighted by atomic mass is 9.98. The van der Waals surface area contributed by atoms with E-state index >= 15 is 0 Å². The van der Waals surface area contributed by atoms with Crippen molar-refractivity contribution >= 4 is 11.6 Å². The van der Waals surface area contributed by atoms with Crippen molar-refractivity contribution in [3.63, 3.8) is 0 Å². The molecule has 1 unspecified atom stereocenters. The molecule has 2 N–H and O–H groups in total. The largest absolute Gasteiger partial charge is 0.398 e. The first-order valence-electron chi connectivity index (χ1n) is 6.60. The molecule has 1 aromatic carbocycles. The fourth-order valence-corrected chi connectivity index (χ4v) is 2.63. The molecule has 1 aromatic rings. The molecule has 1 atom stereocenters. The fourth-order valence-electron chi connectivity index (χ4n) is 2.63. The second-order valence-electron chi connectivity index (χ2n) is 4.93. The van der Waals surface area contributed by atoms with Gasteiger partial charge in [0, 0.05) is 18.8 Å². The third-order valence-electron chi connectivity index (χ3n) is 3.71. The highest BCUT2D eigenvalue weighted by Gasteiger charge is 2.30. The summed E-state index contributed by atoms with van der Waals surface area (Å²) < 4.78 is 10.8. The van der Waals surface area contributed by atoms with Crippen LogP contribution in [0.25, 0.3) is 0 Å². The van der Waals surface area contributed by atoms with E-state index in [4.69, 9.17) is 15.2 Å². The lowest BCUT2D eigenvalue weighted by Crippen LogP contribution is -2.47. The number of hydrogen-bond acceptors (Lipinski definition) is 4. The predicted molar refractivity (Wildman–Crippen MR) is 70.5 cm³/mol. The van der Waals surface area contributed by atoms with Crippen molar-refractivity contribution in [2.24, 2.45) is 0 Å². The van der Waals surface area contributed by atoms with Gasteiger partial charge in [-0.25, -0.2) is 0 Å². The molecule has 2 aliphatic rings. The summed E-state index contributed by atoms with van der Waals surface area (Å²) in [7, 11) is 0. The Hall–Kier alpha value is -1.59. The van der Waals surface area contributed by atoms with Crippen LogP contribution in [0.2, 0.25) is 0 Å². The molecule has 0 saturated carbocycles. The van der Waals surface area contributed by atoms with Gasteiger partial charge in [0.2, 0.25) is 0 Å². The molecule has 1 amide bonds. The number of carbonyl (C=O) groups is 1. The number of benzene rings is 1. The number of rotatable bonds is 1. The Morgan fingerprint density at radius 2 is 2.26 bits per heavy atom. The van der Waals surface area contributed by atoms with E-state index in [-0.39, 0.29) is 5.91 Å². The van der Waals surface area contributed by atoms with Crippen molar-refractivity contribution in [3.05, 3.63) is 29.3 Å². The molecule has 5 nitrogen and oxygen atoms in total. The Morgan fingerprint density at radius 1 is 1.37 bits per heavy atom. The molecule has 1 saturated heterocycles. The van der Waals surface area contributed by atoms with E-state index in [1.54, 1.807) is 0 Å². The van der Waals surface area contributed by atoms with Crippen LogP contribution in [0.5, 0.6) is 0 Å². The molecular weight excluding hydrogens is 244 g/mol. The summed E-state index contributed by atoms with van der Waals surface area (Å²) in [5.74, 6) is 0.00797. The SMILES string of the molecule is Nc1cccc2c1CN(C(=O)C1COCCO1)CC2. The lowest BCUT2D eigenvalue weighted by Gasteiger charge is -2.33. The first kappa shape index (κ1) is 12.4. The monoisotopic (exact) mass is 262 g/mol. The van der Waals surface area contributed by atoms with Gasteiger partial charge in [-0.2, -0.15) is 0 Å². The van der Waals surface area contributed by atoms with Gasteiger partial charge in [-0.1, -0.05) is 12.1 Å². The van der Waals surface area contributed by atoms with E-state index < -0.39 is 6.10 Å². The zero-order valence-electron chi connectivity index (χ0n) is 10.8. The Kier molecular flexibility index (Phi) is 3.40. The van der Waals surface area contributed by atoms with E-state index in [1.807, 2.05) is 17.0 Å². The summed E-state index contributed by atoms with van der Waals surface area (Å²) in [5, 5.41) is 0. The van der Waals surface area contributed by atoms with Crippen molar-refractivity contribution in [1.29, 1.82) is 0 Å². The minimum absolute atomic E-state index is 0.00797. The second kappa shape index (κ2) is 5.19. The maximum Gasteiger partial charge on any atom is 0.254 e. The van der Waals surface area contributed by atoms with Crippen LogP contribution in [-0.4, -0.2) is 43.3 Å². The van der Waals surface area contributed by atoms with Gasteiger partial charge in [-0.15, -0.1) is 0 Å². The fraction of sp³-hybridized carbons (Fsp3) is 0.500. The molecule has 0 spiro atoms. The third-order valence-corrected chi connectivity index (χ3v) is 3.71. The molecule has 3 rings (SSSR count). The highest BCUT2D eigenvalue weighted by atomic mass is 16.6. The van der Waals surface area contributed by atoms with Crippen LogP contribution in [0.4, 0.5) is 5.69 Å². The average Bonchev–Trinajstić information content (AvgIpc) is 2.47. The van der Waals surface area contributed by atoms with Gasteiger partial charge in [0.05, 0.1) is 19.8 Å². The maximum atomic E-state index is 12.4. The lowest BCUT2D eigenvalue weighted by molar-refractivity contribution is -0.158. The number of fused-ring (bicyclic) bond motifs is 1. The Labute approximate surface area is 112 Å². The average molecular weight is 262 g/mol. The van der Waals surface area contributed by atoms with Crippen LogP contribution in [0.1, 0.15) is 11.1 Å². The smallest absolute Gasteiger partial charge is 0.254 e. The zero-order valence-corrected chi connectivity index (χ0v) is 10.8. The van der Waals surface area contributed by atoms with Crippen molar-refractivity contribution < 1.29 is 14.3 Å². The number of carbonyl (C=O) groups excluding carboxylic acids is 1. The second-order valence-corrected chi connectivity index (χ2v) is 4.93. The van der Waals surface area contributed by atoms with E-state index in [0.29, 0.717) is 26.4 Å². The third kappa shape index (κ3) is 2.43. The molecule has 19 heavy (non-hydrogen) atoms. The summed E-state index contributed by atoms with van der Waals surface area (Å²) in [6, 6.07) is 5.92. The molecule has 102 valence electrons. The Morgan fingerprint density at radius 3 is 3.05 bits per heavy atom. The molecule has 5 heteroatoms. The van der Waals surface area contributed by atoms with Crippen LogP contribution in [-0.2, 0) is 27.2 Å². The van der Waals surface area contributed by atoms with Crippen LogP contribution in [0.15, 0.2) is 18.2 Å². The summed E-state index contributed by atoms with van der Waals surface area (Å²) in [4.78, 5) is 14.2. The van der Waals surface area contributed by atoms with E-state index in [1.165, 1.54) is 5.56 Å². The number of anilines is 1. The highest BCUT2D eigenvalue weighted by molar-refractivity contribution is 5.81. The number of nitrogens with zero attached hydrogens (tertiary/aromatic N) is 1. The van der Waals surface area contributed by atoms with Crippen LogP contribution in [0.3, 0.4) is 0 Å². The normalized spacial score (nSPS) is 22.9. The molecule has 2 heterocycles. The van der Waals surface area contributed by atoms with Gasteiger partial charge < -0.3 is 20.1 Å². The van der Waals surface area contributed by atoms with E-state index in [0.717, 1.165) is 24.2 Å². The van der Waals surface area contributed by atoms with Gasteiger partial charge in [0.1, 0.15) is 0 Å². The van der Waals surface area contributed by atoms with Crippen LogP contribution < -0.4 is 5.73 Å². The molecule has 0 aliphatic carbocycles. The molecule has 1 fully saturated rings. The van der Waals surface area contributed by atoms with Gasteiger partial charge >= 0.3 is 0 Å². The first-order chi connectivity index (χ1) is 9.25. The van der Waals surface area contributed by atoms with Crippen LogP contribution in [0, 0.1) is 0 Å². The number of nitrogens with two attached hydrogens (primary N) is 1. The van der Waals surface area contributed by atoms with Gasteiger partial charge in [-0.05, 0) is 23.6 Å². The number of ether oxygens (including phenoxy) is 2. The number of hydrogen-bond donors (Lipinski definition) is 1. The number of nitrogen functional groups attached to an aromatic ring is 1. The predicted octanol–water partition coefficient (Wildman–Crippen LogP) is 0.569. The molecular formula is C14H18N2O3. The summed E-state index contributed by atoms with van der Waals surface area (Å²) >= 11 is 0. The van der Waals surface area contributed by atoms with E-state index in [2.05, 4.69) is 6.07 Å². The highest BCUT2D eigenvalue weighted by Crippen LogP contribution is 2.25. The van der Waals surface area contributed by atoms with Gasteiger partial charge in [-0.3, -0.25) is 4.79 Å². The number of amides is 1. The molecule has 0 radical (unpaired) electrons. The Balaban J connectivity index is 1.74. The summed E-state index contributed by atoms with van der Waals surface area (Å²) in [6.45, 7) is 2.70. The van der Waals surface area contributed by atoms with E-state index in [9.17, 15) is 4.79 Å².